The molecule has 0 bridgehead atoms. The second-order valence-corrected chi connectivity index (χ2v) is 6.36. The first-order chi connectivity index (χ1) is 11.1. The number of nitrogens with zero attached hydrogens (tertiary/aromatic N) is 2. The number of carbonyl (C=O) groups is 1. The van der Waals surface area contributed by atoms with E-state index < -0.39 is 0 Å². The Kier molecular flexibility index (Phi) is 4.60. The zero-order valence-electron chi connectivity index (χ0n) is 13.7. The summed E-state index contributed by atoms with van der Waals surface area (Å²) in [5, 5.41) is 2.94. The molecule has 4 nitrogen and oxygen atoms in total. The number of aromatic nitrogens is 1. The van der Waals surface area contributed by atoms with E-state index >= 15 is 0 Å². The van der Waals surface area contributed by atoms with Gasteiger partial charge in [-0.05, 0) is 61.6 Å². The fourth-order valence-corrected chi connectivity index (χ4v) is 2.92. The SMILES string of the molecule is Cc1ccncc1C(=O)Nc1ccc(N2CCC(C)CC2)cc1. The van der Waals surface area contributed by atoms with Gasteiger partial charge in [0.25, 0.3) is 5.91 Å². The molecule has 1 aromatic carbocycles. The van der Waals surface area contributed by atoms with Crippen LogP contribution in [0.1, 0.15) is 35.7 Å². The van der Waals surface area contributed by atoms with Crippen molar-refractivity contribution >= 4 is 17.3 Å². The number of benzene rings is 1. The zero-order chi connectivity index (χ0) is 16.2. The summed E-state index contributed by atoms with van der Waals surface area (Å²) < 4.78 is 0. The number of hydrogen-bond donors (Lipinski definition) is 1. The molecule has 2 aromatic rings. The van der Waals surface area contributed by atoms with Gasteiger partial charge in [0.05, 0.1) is 5.56 Å². The molecule has 0 unspecified atom stereocenters. The number of pyridine rings is 1. The van der Waals surface area contributed by atoms with Crippen LogP contribution in [0.5, 0.6) is 0 Å². The highest BCUT2D eigenvalue weighted by Crippen LogP contribution is 2.24. The van der Waals surface area contributed by atoms with Crippen molar-refractivity contribution in [2.24, 2.45) is 5.92 Å². The molecule has 1 aliphatic rings. The predicted octanol–water partition coefficient (Wildman–Crippen LogP) is 3.88. The highest BCUT2D eigenvalue weighted by molar-refractivity contribution is 6.05. The van der Waals surface area contributed by atoms with Crippen LogP contribution in [0.25, 0.3) is 0 Å². The molecule has 3 rings (SSSR count). The van der Waals surface area contributed by atoms with Crippen molar-refractivity contribution in [1.82, 2.24) is 4.98 Å². The predicted molar refractivity (Wildman–Crippen MR) is 94.0 cm³/mol. The van der Waals surface area contributed by atoms with Crippen molar-refractivity contribution < 1.29 is 4.79 Å². The molecule has 1 saturated heterocycles. The zero-order valence-corrected chi connectivity index (χ0v) is 13.7. The first-order valence-electron chi connectivity index (χ1n) is 8.20. The number of carbonyl (C=O) groups excluding carboxylic acids is 1. The molecule has 120 valence electrons. The van der Waals surface area contributed by atoms with Crippen LogP contribution >= 0.6 is 0 Å². The maximum atomic E-state index is 12.3. The van der Waals surface area contributed by atoms with Gasteiger partial charge in [-0.25, -0.2) is 0 Å². The van der Waals surface area contributed by atoms with E-state index in [-0.39, 0.29) is 5.91 Å². The Balaban J connectivity index is 1.66. The number of anilines is 2. The molecule has 1 aromatic heterocycles. The van der Waals surface area contributed by atoms with Gasteiger partial charge >= 0.3 is 0 Å². The van der Waals surface area contributed by atoms with Crippen LogP contribution in [0, 0.1) is 12.8 Å². The molecule has 1 amide bonds. The highest BCUT2D eigenvalue weighted by Gasteiger charge is 2.16. The van der Waals surface area contributed by atoms with E-state index in [2.05, 4.69) is 34.3 Å². The number of piperidine rings is 1. The van der Waals surface area contributed by atoms with Gasteiger partial charge in [-0.1, -0.05) is 6.92 Å². The van der Waals surface area contributed by atoms with Crippen molar-refractivity contribution in [3.63, 3.8) is 0 Å². The van der Waals surface area contributed by atoms with E-state index in [0.29, 0.717) is 5.56 Å². The van der Waals surface area contributed by atoms with Crippen LogP contribution < -0.4 is 10.2 Å². The van der Waals surface area contributed by atoms with Crippen LogP contribution in [0.3, 0.4) is 0 Å². The molecule has 1 N–H and O–H groups in total. The van der Waals surface area contributed by atoms with E-state index in [1.807, 2.05) is 25.1 Å². The molecule has 2 heterocycles. The first-order valence-corrected chi connectivity index (χ1v) is 8.20. The molecule has 1 fully saturated rings. The van der Waals surface area contributed by atoms with Gasteiger partial charge in [-0.3, -0.25) is 9.78 Å². The molecule has 23 heavy (non-hydrogen) atoms. The van der Waals surface area contributed by atoms with Crippen LogP contribution in [0.15, 0.2) is 42.7 Å². The van der Waals surface area contributed by atoms with Crippen molar-refractivity contribution in [2.45, 2.75) is 26.7 Å². The summed E-state index contributed by atoms with van der Waals surface area (Å²) in [5.74, 6) is 0.711. The minimum atomic E-state index is -0.116. The van der Waals surface area contributed by atoms with Gasteiger partial charge in [0, 0.05) is 36.9 Å². The van der Waals surface area contributed by atoms with Crippen molar-refractivity contribution in [3.8, 4) is 0 Å². The summed E-state index contributed by atoms with van der Waals surface area (Å²) in [6, 6.07) is 9.95. The maximum Gasteiger partial charge on any atom is 0.257 e. The lowest BCUT2D eigenvalue weighted by Gasteiger charge is -2.32. The van der Waals surface area contributed by atoms with Crippen LogP contribution in [-0.4, -0.2) is 24.0 Å². The molecule has 0 radical (unpaired) electrons. The van der Waals surface area contributed by atoms with Gasteiger partial charge in [0.1, 0.15) is 0 Å². The smallest absolute Gasteiger partial charge is 0.257 e. The minimum Gasteiger partial charge on any atom is -0.372 e. The fourth-order valence-electron chi connectivity index (χ4n) is 2.92. The number of aryl methyl sites for hydroxylation is 1. The summed E-state index contributed by atoms with van der Waals surface area (Å²) in [6.07, 6.45) is 5.80. The highest BCUT2D eigenvalue weighted by atomic mass is 16.1. The number of rotatable bonds is 3. The third kappa shape index (κ3) is 3.70. The molecule has 0 aliphatic carbocycles. The van der Waals surface area contributed by atoms with Crippen LogP contribution in [0.2, 0.25) is 0 Å². The van der Waals surface area contributed by atoms with Gasteiger partial charge in [0.2, 0.25) is 0 Å². The topological polar surface area (TPSA) is 45.2 Å². The Morgan fingerprint density at radius 3 is 2.52 bits per heavy atom. The summed E-state index contributed by atoms with van der Waals surface area (Å²) >= 11 is 0. The third-order valence-corrected chi connectivity index (χ3v) is 4.56. The second kappa shape index (κ2) is 6.82. The van der Waals surface area contributed by atoms with E-state index in [1.165, 1.54) is 18.5 Å². The fraction of sp³-hybridized carbons (Fsp3) is 0.368. The molecular weight excluding hydrogens is 286 g/mol. The molecular formula is C19H23N3O. The summed E-state index contributed by atoms with van der Waals surface area (Å²) in [7, 11) is 0. The minimum absolute atomic E-state index is 0.116. The largest absolute Gasteiger partial charge is 0.372 e. The lowest BCUT2D eigenvalue weighted by atomic mass is 9.99. The van der Waals surface area contributed by atoms with E-state index in [0.717, 1.165) is 30.3 Å². The van der Waals surface area contributed by atoms with Crippen LogP contribution in [-0.2, 0) is 0 Å². The van der Waals surface area contributed by atoms with Gasteiger partial charge in [-0.2, -0.15) is 0 Å². The average Bonchev–Trinajstić information content (AvgIpc) is 2.57. The monoisotopic (exact) mass is 309 g/mol. The Morgan fingerprint density at radius 1 is 1.17 bits per heavy atom. The number of hydrogen-bond acceptors (Lipinski definition) is 3. The van der Waals surface area contributed by atoms with Crippen molar-refractivity contribution in [2.75, 3.05) is 23.3 Å². The third-order valence-electron chi connectivity index (χ3n) is 4.56. The average molecular weight is 309 g/mol. The summed E-state index contributed by atoms with van der Waals surface area (Å²) in [4.78, 5) is 18.7. The lowest BCUT2D eigenvalue weighted by molar-refractivity contribution is 0.102. The van der Waals surface area contributed by atoms with E-state index in [4.69, 9.17) is 0 Å². The first kappa shape index (κ1) is 15.5. The Hall–Kier alpha value is -2.36. The Labute approximate surface area is 137 Å². The Morgan fingerprint density at radius 2 is 1.87 bits per heavy atom. The van der Waals surface area contributed by atoms with Gasteiger partial charge in [-0.15, -0.1) is 0 Å². The number of amides is 1. The molecule has 0 saturated carbocycles. The van der Waals surface area contributed by atoms with E-state index in [1.54, 1.807) is 12.4 Å². The normalized spacial score (nSPS) is 15.5. The van der Waals surface area contributed by atoms with Crippen molar-refractivity contribution in [1.29, 1.82) is 0 Å². The Bertz CT molecular complexity index is 673. The maximum absolute atomic E-state index is 12.3. The summed E-state index contributed by atoms with van der Waals surface area (Å²) in [6.45, 7) is 6.46. The standard InChI is InChI=1S/C19H23N3O/c1-14-8-11-22(12-9-14)17-5-3-16(4-6-17)21-19(23)18-13-20-10-7-15(18)2/h3-7,10,13-14H,8-9,11-12H2,1-2H3,(H,21,23). The van der Waals surface area contributed by atoms with E-state index in [9.17, 15) is 4.79 Å². The second-order valence-electron chi connectivity index (χ2n) is 6.36. The number of nitrogens with one attached hydrogen (secondary N) is 1. The van der Waals surface area contributed by atoms with Gasteiger partial charge in [0.15, 0.2) is 0 Å². The molecule has 0 atom stereocenters. The van der Waals surface area contributed by atoms with Crippen molar-refractivity contribution in [3.05, 3.63) is 53.9 Å². The molecule has 0 spiro atoms. The van der Waals surface area contributed by atoms with Crippen LogP contribution in [0.4, 0.5) is 11.4 Å². The molecule has 4 heteroatoms. The summed E-state index contributed by atoms with van der Waals surface area (Å²) in [5.41, 5.74) is 3.58. The molecule has 1 aliphatic heterocycles. The lowest BCUT2D eigenvalue weighted by Crippen LogP contribution is -2.32. The quantitative estimate of drug-likeness (QED) is 0.936. The van der Waals surface area contributed by atoms with Gasteiger partial charge < -0.3 is 10.2 Å².